The highest BCUT2D eigenvalue weighted by Gasteiger charge is 2.15. The Morgan fingerprint density at radius 3 is 2.83 bits per heavy atom. The summed E-state index contributed by atoms with van der Waals surface area (Å²) in [5, 5.41) is 19.2. The van der Waals surface area contributed by atoms with E-state index in [4.69, 9.17) is 15.7 Å². The van der Waals surface area contributed by atoms with Gasteiger partial charge in [-0.2, -0.15) is 5.26 Å². The summed E-state index contributed by atoms with van der Waals surface area (Å²) in [6.45, 7) is 0.666. The van der Waals surface area contributed by atoms with Crippen LogP contribution in [0.2, 0.25) is 0 Å². The zero-order valence-corrected chi connectivity index (χ0v) is 9.96. The van der Waals surface area contributed by atoms with Crippen LogP contribution in [0, 0.1) is 21.4 Å². The maximum Gasteiger partial charge on any atom is 0.310 e. The lowest BCUT2D eigenvalue weighted by molar-refractivity contribution is -0.385. The molecule has 0 radical (unpaired) electrons. The van der Waals surface area contributed by atoms with Gasteiger partial charge in [-0.05, 0) is 24.5 Å². The number of nitrogens with zero attached hydrogens (tertiary/aromatic N) is 2. The van der Waals surface area contributed by atoms with Crippen LogP contribution in [-0.2, 0) is 6.54 Å². The van der Waals surface area contributed by atoms with E-state index in [0.717, 1.165) is 12.0 Å². The fourth-order valence-corrected chi connectivity index (χ4v) is 1.44. The van der Waals surface area contributed by atoms with Crippen molar-refractivity contribution in [3.05, 3.63) is 33.9 Å². The van der Waals surface area contributed by atoms with E-state index in [-0.39, 0.29) is 11.4 Å². The second-order valence-corrected chi connectivity index (χ2v) is 3.73. The first-order valence-corrected chi connectivity index (χ1v) is 5.66. The molecule has 18 heavy (non-hydrogen) atoms. The van der Waals surface area contributed by atoms with Crippen LogP contribution < -0.4 is 10.5 Å². The van der Waals surface area contributed by atoms with Crippen molar-refractivity contribution in [2.24, 2.45) is 5.73 Å². The second-order valence-electron chi connectivity index (χ2n) is 3.73. The molecule has 0 aliphatic carbocycles. The summed E-state index contributed by atoms with van der Waals surface area (Å²) in [5.41, 5.74) is 6.20. The topological polar surface area (TPSA) is 102 Å². The van der Waals surface area contributed by atoms with E-state index in [2.05, 4.69) is 0 Å². The molecule has 0 aromatic heterocycles. The first-order valence-electron chi connectivity index (χ1n) is 5.66. The standard InChI is InChI=1S/C12H15N3O3/c13-6-2-1-3-7-18-12-8-10(9-14)4-5-11(12)15(16)17/h4-5,8H,1-3,7,9,14H2. The van der Waals surface area contributed by atoms with Crippen molar-refractivity contribution in [2.45, 2.75) is 25.8 Å². The number of rotatable bonds is 7. The minimum absolute atomic E-state index is 0.0625. The third-order valence-corrected chi connectivity index (χ3v) is 2.40. The Hall–Kier alpha value is -2.13. The Morgan fingerprint density at radius 2 is 2.22 bits per heavy atom. The maximum absolute atomic E-state index is 10.8. The van der Waals surface area contributed by atoms with Gasteiger partial charge in [-0.1, -0.05) is 6.07 Å². The van der Waals surface area contributed by atoms with Gasteiger partial charge in [0.25, 0.3) is 0 Å². The summed E-state index contributed by atoms with van der Waals surface area (Å²) in [6.07, 6.45) is 1.88. The quantitative estimate of drug-likeness (QED) is 0.453. The van der Waals surface area contributed by atoms with Crippen molar-refractivity contribution in [3.8, 4) is 11.8 Å². The number of nitro benzene ring substituents is 1. The summed E-state index contributed by atoms with van der Waals surface area (Å²) in [5.74, 6) is 0.236. The number of unbranched alkanes of at least 4 members (excludes halogenated alkanes) is 2. The van der Waals surface area contributed by atoms with Crippen molar-refractivity contribution < 1.29 is 9.66 Å². The Morgan fingerprint density at radius 1 is 1.44 bits per heavy atom. The van der Waals surface area contributed by atoms with Gasteiger partial charge in [0, 0.05) is 19.0 Å². The average molecular weight is 249 g/mol. The third kappa shape index (κ3) is 4.03. The van der Waals surface area contributed by atoms with Crippen LogP contribution in [0.1, 0.15) is 24.8 Å². The molecule has 0 fully saturated rings. The summed E-state index contributed by atoms with van der Waals surface area (Å²) in [6, 6.07) is 6.63. The fourth-order valence-electron chi connectivity index (χ4n) is 1.44. The van der Waals surface area contributed by atoms with Crippen LogP contribution in [-0.4, -0.2) is 11.5 Å². The summed E-state index contributed by atoms with van der Waals surface area (Å²) in [7, 11) is 0. The Kier molecular flexibility index (Phi) is 5.61. The fraction of sp³-hybridized carbons (Fsp3) is 0.417. The van der Waals surface area contributed by atoms with Gasteiger partial charge in [-0.3, -0.25) is 10.1 Å². The Labute approximate surface area is 105 Å². The lowest BCUT2D eigenvalue weighted by Crippen LogP contribution is -2.03. The van der Waals surface area contributed by atoms with Crippen molar-refractivity contribution in [1.82, 2.24) is 0 Å². The highest BCUT2D eigenvalue weighted by molar-refractivity contribution is 5.48. The normalized spacial score (nSPS) is 9.78. The lowest BCUT2D eigenvalue weighted by Gasteiger charge is -2.07. The van der Waals surface area contributed by atoms with Gasteiger partial charge in [0.2, 0.25) is 0 Å². The molecule has 0 heterocycles. The van der Waals surface area contributed by atoms with E-state index in [1.54, 1.807) is 12.1 Å². The van der Waals surface area contributed by atoms with Crippen LogP contribution in [0.5, 0.6) is 5.75 Å². The molecule has 1 aromatic rings. The van der Waals surface area contributed by atoms with E-state index in [0.29, 0.717) is 26.0 Å². The molecule has 0 aliphatic rings. The average Bonchev–Trinajstić information content (AvgIpc) is 2.38. The van der Waals surface area contributed by atoms with Crippen molar-refractivity contribution in [3.63, 3.8) is 0 Å². The zero-order valence-electron chi connectivity index (χ0n) is 9.96. The molecular formula is C12H15N3O3. The van der Waals surface area contributed by atoms with E-state index in [1.165, 1.54) is 6.07 Å². The molecule has 6 heteroatoms. The number of benzene rings is 1. The molecule has 96 valence electrons. The number of hydrogen-bond donors (Lipinski definition) is 1. The predicted molar refractivity (Wildman–Crippen MR) is 65.9 cm³/mol. The first-order chi connectivity index (χ1) is 8.69. The molecule has 0 unspecified atom stereocenters. The smallest absolute Gasteiger partial charge is 0.310 e. The third-order valence-electron chi connectivity index (χ3n) is 2.40. The molecule has 0 saturated carbocycles. The van der Waals surface area contributed by atoms with Crippen LogP contribution in [0.25, 0.3) is 0 Å². The van der Waals surface area contributed by atoms with Crippen LogP contribution in [0.4, 0.5) is 5.69 Å². The molecule has 0 spiro atoms. The SMILES string of the molecule is N#CCCCCOc1cc(CN)ccc1[N+](=O)[O-]. The lowest BCUT2D eigenvalue weighted by atomic mass is 10.2. The molecular weight excluding hydrogens is 234 g/mol. The van der Waals surface area contributed by atoms with Crippen molar-refractivity contribution >= 4 is 5.69 Å². The van der Waals surface area contributed by atoms with E-state index in [9.17, 15) is 10.1 Å². The molecule has 1 rings (SSSR count). The highest BCUT2D eigenvalue weighted by Crippen LogP contribution is 2.28. The van der Waals surface area contributed by atoms with Gasteiger partial charge in [0.05, 0.1) is 17.6 Å². The van der Waals surface area contributed by atoms with Gasteiger partial charge in [-0.25, -0.2) is 0 Å². The number of hydrogen-bond acceptors (Lipinski definition) is 5. The number of nitro groups is 1. The van der Waals surface area contributed by atoms with Gasteiger partial charge in [-0.15, -0.1) is 0 Å². The predicted octanol–water partition coefficient (Wildman–Crippen LogP) is 2.13. The monoisotopic (exact) mass is 249 g/mol. The summed E-state index contributed by atoms with van der Waals surface area (Å²) in [4.78, 5) is 10.3. The zero-order chi connectivity index (χ0) is 13.4. The van der Waals surface area contributed by atoms with Gasteiger partial charge in [0.1, 0.15) is 0 Å². The molecule has 6 nitrogen and oxygen atoms in total. The summed E-state index contributed by atoms with van der Waals surface area (Å²) >= 11 is 0. The van der Waals surface area contributed by atoms with Crippen molar-refractivity contribution in [1.29, 1.82) is 5.26 Å². The van der Waals surface area contributed by atoms with E-state index in [1.807, 2.05) is 6.07 Å². The second kappa shape index (κ2) is 7.25. The first kappa shape index (κ1) is 13.9. The Bertz CT molecular complexity index is 454. The van der Waals surface area contributed by atoms with E-state index >= 15 is 0 Å². The molecule has 0 atom stereocenters. The molecule has 1 aromatic carbocycles. The van der Waals surface area contributed by atoms with Crippen LogP contribution in [0.3, 0.4) is 0 Å². The van der Waals surface area contributed by atoms with Crippen LogP contribution >= 0.6 is 0 Å². The van der Waals surface area contributed by atoms with Gasteiger partial charge in [0.15, 0.2) is 5.75 Å². The highest BCUT2D eigenvalue weighted by atomic mass is 16.6. The van der Waals surface area contributed by atoms with Crippen LogP contribution in [0.15, 0.2) is 18.2 Å². The van der Waals surface area contributed by atoms with Crippen molar-refractivity contribution in [2.75, 3.05) is 6.61 Å². The molecule has 2 N–H and O–H groups in total. The number of ether oxygens (including phenoxy) is 1. The summed E-state index contributed by atoms with van der Waals surface area (Å²) < 4.78 is 5.38. The minimum atomic E-state index is -0.481. The molecule has 0 saturated heterocycles. The Balaban J connectivity index is 2.66. The number of nitrogens with two attached hydrogens (primary N) is 1. The minimum Gasteiger partial charge on any atom is -0.487 e. The molecule has 0 amide bonds. The molecule has 0 bridgehead atoms. The van der Waals surface area contributed by atoms with Gasteiger partial charge >= 0.3 is 5.69 Å². The maximum atomic E-state index is 10.8. The number of nitriles is 1. The van der Waals surface area contributed by atoms with E-state index < -0.39 is 4.92 Å². The largest absolute Gasteiger partial charge is 0.487 e. The molecule has 0 aliphatic heterocycles. The van der Waals surface area contributed by atoms with Gasteiger partial charge < -0.3 is 10.5 Å².